The fourth-order valence-corrected chi connectivity index (χ4v) is 5.81. The molecule has 1 N–H and O–H groups in total. The highest BCUT2D eigenvalue weighted by Gasteiger charge is 2.33. The molecule has 0 saturated heterocycles. The number of nitrogens with zero attached hydrogens (tertiary/aromatic N) is 4. The minimum atomic E-state index is -0.591. The van der Waals surface area contributed by atoms with E-state index in [1.165, 1.54) is 18.4 Å². The summed E-state index contributed by atoms with van der Waals surface area (Å²) in [6.07, 6.45) is 0.0227. The number of ether oxygens (including phenoxy) is 1. The van der Waals surface area contributed by atoms with Gasteiger partial charge < -0.3 is 9.84 Å². The van der Waals surface area contributed by atoms with Crippen LogP contribution in [0.25, 0.3) is 16.1 Å². The Morgan fingerprint density at radius 3 is 2.46 bits per heavy atom. The van der Waals surface area contributed by atoms with Crippen LogP contribution in [0.5, 0.6) is 0 Å². The van der Waals surface area contributed by atoms with E-state index in [4.69, 9.17) is 9.73 Å². The number of esters is 1. The van der Waals surface area contributed by atoms with Gasteiger partial charge in [-0.15, -0.1) is 21.5 Å². The Balaban J connectivity index is 1.66. The number of Topliss-reactive ketones (excluding diaryl/α,β-unsaturated/α-hetero) is 1. The maximum absolute atomic E-state index is 12.3. The van der Waals surface area contributed by atoms with Gasteiger partial charge in [0, 0.05) is 21.6 Å². The number of aryl methyl sites for hydroxylation is 1. The number of aliphatic hydroxyl groups excluding tert-OH is 1. The van der Waals surface area contributed by atoms with Crippen LogP contribution >= 0.6 is 11.3 Å². The molecule has 37 heavy (non-hydrogen) atoms. The second-order valence-corrected chi connectivity index (χ2v) is 10.0. The van der Waals surface area contributed by atoms with Gasteiger partial charge in [0.05, 0.1) is 25.8 Å². The number of aliphatic imine (C=N–C) groups is 1. The van der Waals surface area contributed by atoms with Gasteiger partial charge in [0.25, 0.3) is 0 Å². The van der Waals surface area contributed by atoms with Crippen molar-refractivity contribution in [2.75, 3.05) is 7.11 Å². The third-order valence-corrected chi connectivity index (χ3v) is 7.85. The molecule has 1 atom stereocenters. The highest BCUT2D eigenvalue weighted by atomic mass is 32.1. The lowest BCUT2D eigenvalue weighted by Gasteiger charge is -2.12. The Morgan fingerprint density at radius 1 is 1.05 bits per heavy atom. The van der Waals surface area contributed by atoms with Crippen molar-refractivity contribution < 1.29 is 19.4 Å². The highest BCUT2D eigenvalue weighted by molar-refractivity contribution is 7.15. The van der Waals surface area contributed by atoms with Crippen molar-refractivity contribution in [1.82, 2.24) is 14.8 Å². The molecule has 2 aromatic heterocycles. The van der Waals surface area contributed by atoms with Crippen LogP contribution in [0.3, 0.4) is 0 Å². The lowest BCUT2D eigenvalue weighted by atomic mass is 9.96. The van der Waals surface area contributed by atoms with Crippen LogP contribution in [0.1, 0.15) is 63.0 Å². The molecule has 1 aliphatic heterocycles. The van der Waals surface area contributed by atoms with Crippen LogP contribution in [-0.4, -0.2) is 44.4 Å². The van der Waals surface area contributed by atoms with E-state index in [1.807, 2.05) is 66.9 Å². The summed E-state index contributed by atoms with van der Waals surface area (Å²) in [6, 6.07) is 14.9. The first-order valence-corrected chi connectivity index (χ1v) is 12.7. The van der Waals surface area contributed by atoms with Crippen molar-refractivity contribution in [3.63, 3.8) is 0 Å². The van der Waals surface area contributed by atoms with Gasteiger partial charge in [-0.1, -0.05) is 42.5 Å². The van der Waals surface area contributed by atoms with Crippen molar-refractivity contribution in [2.45, 2.75) is 39.8 Å². The van der Waals surface area contributed by atoms with E-state index < -0.39 is 6.04 Å². The molecular formula is C28H26N4O4S. The standard InChI is InChI=1S/C28H26N4O4S/c1-15-23(14-33)37-28-25(15)26(29-22(13-24(35)36-4)27-31-30-17(3)32(27)28)19-10-8-18(9-11-19)21-7-5-6-20(12-21)16(2)34/h5-12,22,33H,13-14H2,1-4H3/t22-/m0/s1. The number of rotatable bonds is 6. The van der Waals surface area contributed by atoms with Crippen molar-refractivity contribution in [2.24, 2.45) is 4.99 Å². The Hall–Kier alpha value is -3.95. The number of ketones is 1. The summed E-state index contributed by atoms with van der Waals surface area (Å²) < 4.78 is 6.87. The molecule has 0 fully saturated rings. The Kier molecular flexibility index (Phi) is 6.57. The quantitative estimate of drug-likeness (QED) is 0.294. The van der Waals surface area contributed by atoms with Gasteiger partial charge in [-0.25, -0.2) is 0 Å². The third kappa shape index (κ3) is 4.41. The van der Waals surface area contributed by atoms with E-state index >= 15 is 0 Å². The monoisotopic (exact) mass is 514 g/mol. The third-order valence-electron chi connectivity index (χ3n) is 6.59. The number of benzene rings is 2. The number of hydrogen-bond donors (Lipinski definition) is 1. The average molecular weight is 515 g/mol. The molecule has 4 aromatic rings. The summed E-state index contributed by atoms with van der Waals surface area (Å²) in [5.41, 5.74) is 5.97. The normalized spacial score (nSPS) is 14.4. The summed E-state index contributed by atoms with van der Waals surface area (Å²) >= 11 is 1.47. The molecule has 188 valence electrons. The molecule has 5 rings (SSSR count). The summed E-state index contributed by atoms with van der Waals surface area (Å²) in [6.45, 7) is 5.29. The molecule has 3 heterocycles. The fourth-order valence-electron chi connectivity index (χ4n) is 4.59. The SMILES string of the molecule is COC(=O)C[C@@H]1N=C(c2ccc(-c3cccc(C(C)=O)c3)cc2)c2c(sc(CO)c2C)-n2c(C)nnc21. The first-order chi connectivity index (χ1) is 17.8. The number of aliphatic hydroxyl groups is 1. The Labute approximate surface area is 218 Å². The topological polar surface area (TPSA) is 107 Å². The lowest BCUT2D eigenvalue weighted by molar-refractivity contribution is -0.141. The van der Waals surface area contributed by atoms with E-state index in [-0.39, 0.29) is 24.8 Å². The van der Waals surface area contributed by atoms with Gasteiger partial charge in [-0.05, 0) is 43.5 Å². The maximum atomic E-state index is 12.3. The van der Waals surface area contributed by atoms with E-state index in [2.05, 4.69) is 10.2 Å². The number of hydrogen-bond acceptors (Lipinski definition) is 8. The summed E-state index contributed by atoms with van der Waals surface area (Å²) in [7, 11) is 1.36. The van der Waals surface area contributed by atoms with Crippen LogP contribution in [-0.2, 0) is 16.1 Å². The van der Waals surface area contributed by atoms with Gasteiger partial charge in [0.2, 0.25) is 0 Å². The minimum Gasteiger partial charge on any atom is -0.469 e. The van der Waals surface area contributed by atoms with Crippen molar-refractivity contribution in [3.05, 3.63) is 87.3 Å². The van der Waals surface area contributed by atoms with E-state index in [0.29, 0.717) is 22.9 Å². The van der Waals surface area contributed by atoms with Crippen LogP contribution in [0.4, 0.5) is 0 Å². The van der Waals surface area contributed by atoms with Crippen LogP contribution in [0.15, 0.2) is 53.5 Å². The van der Waals surface area contributed by atoms with Crippen molar-refractivity contribution in [1.29, 1.82) is 0 Å². The molecule has 8 nitrogen and oxygen atoms in total. The zero-order valence-corrected chi connectivity index (χ0v) is 21.8. The second kappa shape index (κ2) is 9.84. The zero-order valence-electron chi connectivity index (χ0n) is 21.0. The molecule has 0 amide bonds. The molecule has 9 heteroatoms. The first-order valence-electron chi connectivity index (χ1n) is 11.8. The number of methoxy groups -OCH3 is 1. The first kappa shape index (κ1) is 24.7. The largest absolute Gasteiger partial charge is 0.469 e. The highest BCUT2D eigenvalue weighted by Crippen LogP contribution is 2.40. The lowest BCUT2D eigenvalue weighted by Crippen LogP contribution is -2.12. The summed E-state index contributed by atoms with van der Waals surface area (Å²) in [5.74, 6) is 0.862. The molecular weight excluding hydrogens is 488 g/mol. The molecule has 1 aliphatic rings. The van der Waals surface area contributed by atoms with E-state index in [9.17, 15) is 14.7 Å². The maximum Gasteiger partial charge on any atom is 0.308 e. The summed E-state index contributed by atoms with van der Waals surface area (Å²) in [4.78, 5) is 30.0. The predicted molar refractivity (Wildman–Crippen MR) is 142 cm³/mol. The number of carbonyl (C=O) groups excluding carboxylic acids is 2. The second-order valence-electron chi connectivity index (χ2n) is 8.92. The van der Waals surface area contributed by atoms with Crippen LogP contribution in [0, 0.1) is 13.8 Å². The smallest absolute Gasteiger partial charge is 0.308 e. The van der Waals surface area contributed by atoms with Crippen molar-refractivity contribution >= 4 is 28.8 Å². The molecule has 0 aliphatic carbocycles. The molecule has 2 aromatic carbocycles. The summed E-state index contributed by atoms with van der Waals surface area (Å²) in [5, 5.41) is 19.5. The van der Waals surface area contributed by atoms with Crippen molar-refractivity contribution in [3.8, 4) is 16.1 Å². The minimum absolute atomic E-state index is 0.0189. The Bertz CT molecular complexity index is 1550. The van der Waals surface area contributed by atoms with Gasteiger partial charge in [-0.3, -0.25) is 19.1 Å². The van der Waals surface area contributed by atoms with Gasteiger partial charge in [-0.2, -0.15) is 0 Å². The van der Waals surface area contributed by atoms with Gasteiger partial charge in [0.15, 0.2) is 11.6 Å². The molecule has 0 saturated carbocycles. The number of aromatic nitrogens is 3. The predicted octanol–water partition coefficient (Wildman–Crippen LogP) is 4.76. The van der Waals surface area contributed by atoms with Crippen LogP contribution in [0.2, 0.25) is 0 Å². The van der Waals surface area contributed by atoms with Crippen LogP contribution < -0.4 is 0 Å². The van der Waals surface area contributed by atoms with Gasteiger partial charge >= 0.3 is 5.97 Å². The average Bonchev–Trinajstić information content (AvgIpc) is 3.41. The van der Waals surface area contributed by atoms with E-state index in [0.717, 1.165) is 37.7 Å². The Morgan fingerprint density at radius 2 is 1.78 bits per heavy atom. The molecule has 0 bridgehead atoms. The van der Waals surface area contributed by atoms with E-state index in [1.54, 1.807) is 6.92 Å². The molecule has 0 unspecified atom stereocenters. The zero-order chi connectivity index (χ0) is 26.3. The number of carbonyl (C=O) groups is 2. The molecule has 0 spiro atoms. The van der Waals surface area contributed by atoms with Gasteiger partial charge in [0.1, 0.15) is 16.9 Å². The fraction of sp³-hybridized carbons (Fsp3) is 0.250. The number of fused-ring (bicyclic) bond motifs is 3. The number of thiophene rings is 1. The molecule has 0 radical (unpaired) electrons.